The van der Waals surface area contributed by atoms with Gasteiger partial charge in [0.25, 0.3) is 0 Å². The average molecular weight is 348 g/mol. The molecule has 25 heavy (non-hydrogen) atoms. The number of hydrogen-bond acceptors (Lipinski definition) is 3. The van der Waals surface area contributed by atoms with E-state index in [-0.39, 0.29) is 12.0 Å². The van der Waals surface area contributed by atoms with Gasteiger partial charge in [0.15, 0.2) is 0 Å². The molecule has 2 atom stereocenters. The van der Waals surface area contributed by atoms with Gasteiger partial charge in [-0.05, 0) is 38.7 Å². The second kappa shape index (κ2) is 7.76. The molecular formula is C19H28N2O4. The first kappa shape index (κ1) is 19.1. The van der Waals surface area contributed by atoms with Crippen LogP contribution in [0.5, 0.6) is 0 Å². The Morgan fingerprint density at radius 3 is 2.44 bits per heavy atom. The molecule has 1 aromatic carbocycles. The van der Waals surface area contributed by atoms with Gasteiger partial charge < -0.3 is 14.7 Å². The lowest BCUT2D eigenvalue weighted by Gasteiger charge is -2.41. The SMILES string of the molecule is C[C@H]1C[C@@H](N(Cc2ccccc2)C(=O)OC(C)(C)C)CN(C(=O)O)C1. The number of carbonyl (C=O) groups excluding carboxylic acids is 1. The van der Waals surface area contributed by atoms with Gasteiger partial charge >= 0.3 is 12.2 Å². The van der Waals surface area contributed by atoms with E-state index in [1.54, 1.807) is 4.90 Å². The van der Waals surface area contributed by atoms with Crippen molar-refractivity contribution in [2.45, 2.75) is 52.3 Å². The molecule has 0 radical (unpaired) electrons. The van der Waals surface area contributed by atoms with Gasteiger partial charge in [-0.15, -0.1) is 0 Å². The van der Waals surface area contributed by atoms with E-state index in [2.05, 4.69) is 0 Å². The third-order valence-corrected chi connectivity index (χ3v) is 4.17. The number of carbonyl (C=O) groups is 2. The van der Waals surface area contributed by atoms with Gasteiger partial charge in [0.05, 0.1) is 6.04 Å². The molecule has 0 spiro atoms. The molecule has 1 aliphatic rings. The molecule has 1 N–H and O–H groups in total. The second-order valence-corrected chi connectivity index (χ2v) is 7.78. The Kier molecular flexibility index (Phi) is 5.93. The zero-order valence-electron chi connectivity index (χ0n) is 15.4. The molecule has 1 aliphatic heterocycles. The predicted octanol–water partition coefficient (Wildman–Crippen LogP) is 3.81. The maximum Gasteiger partial charge on any atom is 0.410 e. The van der Waals surface area contributed by atoms with E-state index in [4.69, 9.17) is 4.74 Å². The van der Waals surface area contributed by atoms with Gasteiger partial charge in [0.2, 0.25) is 0 Å². The van der Waals surface area contributed by atoms with Crippen molar-refractivity contribution >= 4 is 12.2 Å². The summed E-state index contributed by atoms with van der Waals surface area (Å²) in [6, 6.07) is 9.49. The molecule has 1 fully saturated rings. The molecule has 0 saturated carbocycles. The lowest BCUT2D eigenvalue weighted by molar-refractivity contribution is -0.0000230. The van der Waals surface area contributed by atoms with Gasteiger partial charge in [-0.25, -0.2) is 9.59 Å². The van der Waals surface area contributed by atoms with Crippen LogP contribution in [0.4, 0.5) is 9.59 Å². The first-order chi connectivity index (χ1) is 11.7. The van der Waals surface area contributed by atoms with Crippen LogP contribution in [0.15, 0.2) is 30.3 Å². The second-order valence-electron chi connectivity index (χ2n) is 7.78. The summed E-state index contributed by atoms with van der Waals surface area (Å²) in [5.41, 5.74) is 0.396. The minimum Gasteiger partial charge on any atom is -0.465 e. The van der Waals surface area contributed by atoms with Crippen molar-refractivity contribution in [3.8, 4) is 0 Å². The molecule has 0 bridgehead atoms. The Balaban J connectivity index is 2.23. The van der Waals surface area contributed by atoms with Crippen molar-refractivity contribution in [2.24, 2.45) is 5.92 Å². The quantitative estimate of drug-likeness (QED) is 0.902. The van der Waals surface area contributed by atoms with Crippen LogP contribution in [0.1, 0.15) is 39.7 Å². The van der Waals surface area contributed by atoms with Crippen LogP contribution >= 0.6 is 0 Å². The fourth-order valence-corrected chi connectivity index (χ4v) is 3.14. The van der Waals surface area contributed by atoms with Crippen LogP contribution in [0, 0.1) is 5.92 Å². The first-order valence-electron chi connectivity index (χ1n) is 8.67. The van der Waals surface area contributed by atoms with Crippen LogP contribution < -0.4 is 0 Å². The number of likely N-dealkylation sites (tertiary alicyclic amines) is 1. The van der Waals surface area contributed by atoms with Gasteiger partial charge in [0.1, 0.15) is 5.60 Å². The standard InChI is InChI=1S/C19H28N2O4/c1-14-10-16(13-20(11-14)17(22)23)21(18(24)25-19(2,3)4)12-15-8-6-5-7-9-15/h5-9,14,16H,10-13H2,1-4H3,(H,22,23)/t14-,16+/m0/s1. The summed E-state index contributed by atoms with van der Waals surface area (Å²) in [5.74, 6) is 0.190. The molecule has 2 amide bonds. The highest BCUT2D eigenvalue weighted by atomic mass is 16.6. The van der Waals surface area contributed by atoms with Gasteiger partial charge in [-0.3, -0.25) is 4.90 Å². The maximum absolute atomic E-state index is 12.8. The molecule has 0 aliphatic carbocycles. The zero-order chi connectivity index (χ0) is 18.6. The largest absolute Gasteiger partial charge is 0.465 e. The normalized spacial score (nSPS) is 20.9. The monoisotopic (exact) mass is 348 g/mol. The summed E-state index contributed by atoms with van der Waals surface area (Å²) < 4.78 is 5.58. The minimum atomic E-state index is -0.944. The van der Waals surface area contributed by atoms with E-state index in [9.17, 15) is 14.7 Å². The molecule has 1 saturated heterocycles. The molecule has 2 rings (SSSR count). The molecule has 0 aromatic heterocycles. The number of piperidine rings is 1. The Morgan fingerprint density at radius 2 is 1.88 bits per heavy atom. The summed E-state index contributed by atoms with van der Waals surface area (Å²) in [5, 5.41) is 9.36. The average Bonchev–Trinajstić information content (AvgIpc) is 2.51. The fraction of sp³-hybridized carbons (Fsp3) is 0.579. The lowest BCUT2D eigenvalue weighted by Crippen LogP contribution is -2.54. The highest BCUT2D eigenvalue weighted by molar-refractivity contribution is 5.69. The van der Waals surface area contributed by atoms with Crippen molar-refractivity contribution in [3.05, 3.63) is 35.9 Å². The fourth-order valence-electron chi connectivity index (χ4n) is 3.14. The number of amides is 2. The van der Waals surface area contributed by atoms with E-state index in [1.807, 2.05) is 58.0 Å². The van der Waals surface area contributed by atoms with Crippen molar-refractivity contribution in [3.63, 3.8) is 0 Å². The van der Waals surface area contributed by atoms with E-state index in [0.717, 1.165) is 12.0 Å². The Bertz CT molecular complexity index is 597. The van der Waals surface area contributed by atoms with Crippen molar-refractivity contribution < 1.29 is 19.4 Å². The molecule has 1 aromatic rings. The number of ether oxygens (including phenoxy) is 1. The first-order valence-corrected chi connectivity index (χ1v) is 8.67. The maximum atomic E-state index is 12.8. The van der Waals surface area contributed by atoms with E-state index in [0.29, 0.717) is 19.6 Å². The van der Waals surface area contributed by atoms with Crippen molar-refractivity contribution in [1.82, 2.24) is 9.80 Å². The van der Waals surface area contributed by atoms with Crippen LogP contribution in [0.3, 0.4) is 0 Å². The van der Waals surface area contributed by atoms with Gasteiger partial charge in [-0.2, -0.15) is 0 Å². The summed E-state index contributed by atoms with van der Waals surface area (Å²) in [6.45, 7) is 8.72. The highest BCUT2D eigenvalue weighted by Crippen LogP contribution is 2.24. The Morgan fingerprint density at radius 1 is 1.24 bits per heavy atom. The van der Waals surface area contributed by atoms with Crippen molar-refractivity contribution in [2.75, 3.05) is 13.1 Å². The van der Waals surface area contributed by atoms with Crippen LogP contribution in [0.25, 0.3) is 0 Å². The third kappa shape index (κ3) is 5.66. The topological polar surface area (TPSA) is 70.1 Å². The third-order valence-electron chi connectivity index (χ3n) is 4.17. The molecule has 138 valence electrons. The number of hydrogen-bond donors (Lipinski definition) is 1. The molecule has 6 heteroatoms. The Labute approximate surface area is 149 Å². The van der Waals surface area contributed by atoms with E-state index < -0.39 is 17.8 Å². The van der Waals surface area contributed by atoms with Crippen LogP contribution in [-0.4, -0.2) is 51.8 Å². The molecule has 6 nitrogen and oxygen atoms in total. The highest BCUT2D eigenvalue weighted by Gasteiger charge is 2.35. The smallest absolute Gasteiger partial charge is 0.410 e. The molecular weight excluding hydrogens is 320 g/mol. The Hall–Kier alpha value is -2.24. The van der Waals surface area contributed by atoms with Crippen LogP contribution in [0.2, 0.25) is 0 Å². The van der Waals surface area contributed by atoms with E-state index in [1.165, 1.54) is 4.90 Å². The molecule has 0 unspecified atom stereocenters. The summed E-state index contributed by atoms with van der Waals surface area (Å²) >= 11 is 0. The van der Waals surface area contributed by atoms with Crippen LogP contribution in [-0.2, 0) is 11.3 Å². The van der Waals surface area contributed by atoms with Crippen molar-refractivity contribution in [1.29, 1.82) is 0 Å². The van der Waals surface area contributed by atoms with Gasteiger partial charge in [0, 0.05) is 19.6 Å². The number of nitrogens with zero attached hydrogens (tertiary/aromatic N) is 2. The summed E-state index contributed by atoms with van der Waals surface area (Å²) in [7, 11) is 0. The summed E-state index contributed by atoms with van der Waals surface area (Å²) in [4.78, 5) is 27.3. The number of benzene rings is 1. The zero-order valence-corrected chi connectivity index (χ0v) is 15.4. The predicted molar refractivity (Wildman–Crippen MR) is 95.4 cm³/mol. The number of rotatable bonds is 3. The minimum absolute atomic E-state index is 0.190. The lowest BCUT2D eigenvalue weighted by atomic mass is 9.95. The number of carboxylic acid groups (broad SMARTS) is 1. The van der Waals surface area contributed by atoms with Gasteiger partial charge in [-0.1, -0.05) is 37.3 Å². The summed E-state index contributed by atoms with van der Waals surface area (Å²) in [6.07, 6.45) is -0.586. The molecule has 1 heterocycles. The van der Waals surface area contributed by atoms with E-state index >= 15 is 0 Å².